The van der Waals surface area contributed by atoms with Crippen LogP contribution in [0.25, 0.3) is 0 Å². The van der Waals surface area contributed by atoms with Crippen LogP contribution in [-0.4, -0.2) is 59.3 Å². The van der Waals surface area contributed by atoms with E-state index < -0.39 is 0 Å². The minimum atomic E-state index is -0.210. The van der Waals surface area contributed by atoms with Crippen molar-refractivity contribution in [2.24, 2.45) is 0 Å². The van der Waals surface area contributed by atoms with Crippen LogP contribution in [0.2, 0.25) is 0 Å². The van der Waals surface area contributed by atoms with Gasteiger partial charge < -0.3 is 15.1 Å². The summed E-state index contributed by atoms with van der Waals surface area (Å²) in [5.41, 5.74) is 1.17. The molecule has 1 aliphatic rings. The molecule has 1 N–H and O–H groups in total. The molecule has 1 fully saturated rings. The summed E-state index contributed by atoms with van der Waals surface area (Å²) in [5, 5.41) is 3.14. The van der Waals surface area contributed by atoms with Gasteiger partial charge in [-0.15, -0.1) is 0 Å². The Morgan fingerprint density at radius 3 is 2.41 bits per heavy atom. The quantitative estimate of drug-likeness (QED) is 0.876. The number of benzene rings is 1. The fourth-order valence-corrected chi connectivity index (χ4v) is 3.06. The van der Waals surface area contributed by atoms with Crippen molar-refractivity contribution >= 4 is 17.6 Å². The number of pyridine rings is 1. The Labute approximate surface area is 158 Å². The van der Waals surface area contributed by atoms with Gasteiger partial charge in [-0.1, -0.05) is 18.2 Å². The van der Waals surface area contributed by atoms with E-state index in [9.17, 15) is 14.0 Å². The molecule has 7 heteroatoms. The molecule has 1 aliphatic heterocycles. The molecule has 2 amide bonds. The maximum absolute atomic E-state index is 13.6. The lowest BCUT2D eigenvalue weighted by Crippen LogP contribution is -2.50. The number of carbonyl (C=O) groups excluding carboxylic acids is 2. The van der Waals surface area contributed by atoms with E-state index >= 15 is 0 Å². The molecule has 2 heterocycles. The Morgan fingerprint density at radius 2 is 1.78 bits per heavy atom. The molecule has 1 aromatic carbocycles. The summed E-state index contributed by atoms with van der Waals surface area (Å²) in [6.07, 6.45) is 2.10. The lowest BCUT2D eigenvalue weighted by Gasteiger charge is -2.34. The number of aromatic nitrogens is 1. The van der Waals surface area contributed by atoms with Crippen LogP contribution < -0.4 is 5.32 Å². The summed E-state index contributed by atoms with van der Waals surface area (Å²) in [6.45, 7) is 4.27. The van der Waals surface area contributed by atoms with Gasteiger partial charge in [0.25, 0.3) is 5.91 Å². The van der Waals surface area contributed by atoms with Crippen molar-refractivity contribution < 1.29 is 14.0 Å². The molecule has 3 rings (SSSR count). The van der Waals surface area contributed by atoms with Crippen molar-refractivity contribution in [2.45, 2.75) is 13.3 Å². The molecule has 0 bridgehead atoms. The Hall–Kier alpha value is -2.96. The second-order valence-corrected chi connectivity index (χ2v) is 6.50. The van der Waals surface area contributed by atoms with Crippen molar-refractivity contribution in [3.8, 4) is 0 Å². The van der Waals surface area contributed by atoms with Crippen LogP contribution in [0.3, 0.4) is 0 Å². The zero-order chi connectivity index (χ0) is 19.2. The molecule has 0 atom stereocenters. The SMILES string of the molecule is CC(=O)N1CCN(C(=O)c2ccc(NCCc3ccccc3F)nc2)CC1. The first-order chi connectivity index (χ1) is 13.0. The third kappa shape index (κ3) is 4.81. The van der Waals surface area contributed by atoms with E-state index in [1.165, 1.54) is 6.07 Å². The average molecular weight is 370 g/mol. The van der Waals surface area contributed by atoms with Gasteiger partial charge in [0, 0.05) is 45.8 Å². The van der Waals surface area contributed by atoms with Crippen molar-refractivity contribution in [3.63, 3.8) is 0 Å². The van der Waals surface area contributed by atoms with Gasteiger partial charge in [-0.05, 0) is 30.2 Å². The van der Waals surface area contributed by atoms with Gasteiger partial charge in [0.05, 0.1) is 5.56 Å². The molecule has 1 aromatic heterocycles. The van der Waals surface area contributed by atoms with Crippen LogP contribution in [-0.2, 0) is 11.2 Å². The van der Waals surface area contributed by atoms with Gasteiger partial charge in [0.2, 0.25) is 5.91 Å². The van der Waals surface area contributed by atoms with E-state index in [1.807, 2.05) is 6.07 Å². The predicted octanol–water partition coefficient (Wildman–Crippen LogP) is 2.18. The minimum Gasteiger partial charge on any atom is -0.370 e. The van der Waals surface area contributed by atoms with E-state index in [0.29, 0.717) is 56.1 Å². The second-order valence-electron chi connectivity index (χ2n) is 6.50. The smallest absolute Gasteiger partial charge is 0.255 e. The number of rotatable bonds is 5. The molecule has 0 radical (unpaired) electrons. The summed E-state index contributed by atoms with van der Waals surface area (Å²) in [5.74, 6) is 0.389. The number of halogens is 1. The Bertz CT molecular complexity index is 802. The van der Waals surface area contributed by atoms with Crippen molar-refractivity contribution in [2.75, 3.05) is 38.0 Å². The minimum absolute atomic E-state index is 0.0366. The van der Waals surface area contributed by atoms with Crippen LogP contribution in [0.1, 0.15) is 22.8 Å². The third-order valence-corrected chi connectivity index (χ3v) is 4.68. The van der Waals surface area contributed by atoms with Gasteiger partial charge >= 0.3 is 0 Å². The molecule has 6 nitrogen and oxygen atoms in total. The number of hydrogen-bond donors (Lipinski definition) is 1. The fourth-order valence-electron chi connectivity index (χ4n) is 3.06. The largest absolute Gasteiger partial charge is 0.370 e. The predicted molar refractivity (Wildman–Crippen MR) is 101 cm³/mol. The number of nitrogens with zero attached hydrogens (tertiary/aromatic N) is 3. The highest BCUT2D eigenvalue weighted by molar-refractivity contribution is 5.94. The van der Waals surface area contributed by atoms with E-state index in [1.54, 1.807) is 47.2 Å². The number of nitrogens with one attached hydrogen (secondary N) is 1. The molecular weight excluding hydrogens is 347 g/mol. The standard InChI is InChI=1S/C20H23FN4O2/c1-15(26)24-10-12-25(13-11-24)20(27)17-6-7-19(23-14-17)22-9-8-16-4-2-3-5-18(16)21/h2-7,14H,8-13H2,1H3,(H,22,23). The Morgan fingerprint density at radius 1 is 1.07 bits per heavy atom. The monoisotopic (exact) mass is 370 g/mol. The van der Waals surface area contributed by atoms with Gasteiger partial charge in [0.1, 0.15) is 11.6 Å². The first kappa shape index (κ1) is 18.8. The zero-order valence-corrected chi connectivity index (χ0v) is 15.3. The summed E-state index contributed by atoms with van der Waals surface area (Å²) < 4.78 is 13.6. The highest BCUT2D eigenvalue weighted by Gasteiger charge is 2.23. The van der Waals surface area contributed by atoms with E-state index in [0.717, 1.165) is 0 Å². The maximum Gasteiger partial charge on any atom is 0.255 e. The van der Waals surface area contributed by atoms with Crippen LogP contribution in [0.15, 0.2) is 42.6 Å². The molecule has 2 aromatic rings. The number of carbonyl (C=O) groups is 2. The zero-order valence-electron chi connectivity index (χ0n) is 15.3. The molecule has 1 saturated heterocycles. The Kier molecular flexibility index (Phi) is 6.01. The molecule has 0 saturated carbocycles. The van der Waals surface area contributed by atoms with Crippen LogP contribution in [0, 0.1) is 5.82 Å². The van der Waals surface area contributed by atoms with Crippen LogP contribution in [0.4, 0.5) is 10.2 Å². The molecule has 0 unspecified atom stereocenters. The highest BCUT2D eigenvalue weighted by Crippen LogP contribution is 2.12. The maximum atomic E-state index is 13.6. The van der Waals surface area contributed by atoms with Gasteiger partial charge in [-0.2, -0.15) is 0 Å². The number of amides is 2. The molecule has 0 spiro atoms. The highest BCUT2D eigenvalue weighted by atomic mass is 19.1. The first-order valence-electron chi connectivity index (χ1n) is 9.02. The van der Waals surface area contributed by atoms with Gasteiger partial charge in [-0.25, -0.2) is 9.37 Å². The second kappa shape index (κ2) is 8.62. The lowest BCUT2D eigenvalue weighted by molar-refractivity contribution is -0.130. The van der Waals surface area contributed by atoms with Crippen LogP contribution >= 0.6 is 0 Å². The molecular formula is C20H23FN4O2. The summed E-state index contributed by atoms with van der Waals surface area (Å²) in [4.78, 5) is 31.7. The number of piperazine rings is 1. The number of hydrogen-bond acceptors (Lipinski definition) is 4. The summed E-state index contributed by atoms with van der Waals surface area (Å²) in [6, 6.07) is 10.2. The van der Waals surface area contributed by atoms with Crippen molar-refractivity contribution in [3.05, 3.63) is 59.5 Å². The first-order valence-corrected chi connectivity index (χ1v) is 9.02. The topological polar surface area (TPSA) is 65.5 Å². The summed E-state index contributed by atoms with van der Waals surface area (Å²) >= 11 is 0. The average Bonchev–Trinajstić information content (AvgIpc) is 2.69. The van der Waals surface area contributed by atoms with Gasteiger partial charge in [-0.3, -0.25) is 9.59 Å². The summed E-state index contributed by atoms with van der Waals surface area (Å²) in [7, 11) is 0. The number of anilines is 1. The normalized spacial score (nSPS) is 14.1. The third-order valence-electron chi connectivity index (χ3n) is 4.68. The lowest BCUT2D eigenvalue weighted by atomic mass is 10.1. The van der Waals surface area contributed by atoms with Crippen molar-refractivity contribution in [1.82, 2.24) is 14.8 Å². The fraction of sp³-hybridized carbons (Fsp3) is 0.350. The van der Waals surface area contributed by atoms with Gasteiger partial charge in [0.15, 0.2) is 0 Å². The van der Waals surface area contributed by atoms with E-state index in [-0.39, 0.29) is 17.6 Å². The van der Waals surface area contributed by atoms with E-state index in [4.69, 9.17) is 0 Å². The molecule has 27 heavy (non-hydrogen) atoms. The van der Waals surface area contributed by atoms with Crippen molar-refractivity contribution in [1.29, 1.82) is 0 Å². The molecule has 0 aliphatic carbocycles. The van der Waals surface area contributed by atoms with E-state index in [2.05, 4.69) is 10.3 Å². The van der Waals surface area contributed by atoms with Crippen LogP contribution in [0.5, 0.6) is 0 Å². The Balaban J connectivity index is 1.50. The molecule has 142 valence electrons.